The van der Waals surface area contributed by atoms with Gasteiger partial charge < -0.3 is 10.8 Å². The molecule has 1 heterocycles. The number of carbonyl (C=O) groups is 1. The lowest BCUT2D eigenvalue weighted by Gasteiger charge is -2.48. The Kier molecular flexibility index (Phi) is 4.12. The molecule has 0 radical (unpaired) electrons. The van der Waals surface area contributed by atoms with Gasteiger partial charge in [0.15, 0.2) is 5.82 Å². The Hall–Kier alpha value is -2.87. The summed E-state index contributed by atoms with van der Waals surface area (Å²) in [6, 6.07) is 8.77. The highest BCUT2D eigenvalue weighted by Crippen LogP contribution is 2.53. The normalized spacial score (nSPS) is 18.8. The second-order valence-corrected chi connectivity index (χ2v) is 7.46. The van der Waals surface area contributed by atoms with Gasteiger partial charge in [0, 0.05) is 24.3 Å². The fourth-order valence-electron chi connectivity index (χ4n) is 4.06. The maximum Gasteiger partial charge on any atom is 0.161 e. The number of nitrogen functional groups attached to an aromatic ring is 1. The van der Waals surface area contributed by atoms with Gasteiger partial charge >= 0.3 is 0 Å². The molecule has 2 aliphatic rings. The van der Waals surface area contributed by atoms with Gasteiger partial charge in [0.1, 0.15) is 11.5 Å². The van der Waals surface area contributed by atoms with Gasteiger partial charge in [-0.25, -0.2) is 0 Å². The maximum atomic E-state index is 11.4. The fraction of sp³-hybridized carbons (Fsp3) is 0.381. The average Bonchev–Trinajstić information content (AvgIpc) is 2.61. The van der Waals surface area contributed by atoms with Gasteiger partial charge in [-0.2, -0.15) is 0 Å². The lowest BCUT2D eigenvalue weighted by atomic mass is 9.56. The van der Waals surface area contributed by atoms with Gasteiger partial charge in [-0.05, 0) is 49.3 Å². The van der Waals surface area contributed by atoms with Crippen molar-refractivity contribution in [2.24, 2.45) is 11.3 Å². The number of Topliss-reactive ketones (excluding diaryl/α,β-unsaturated/α-hetero) is 1. The Bertz CT molecular complexity index is 908. The Labute approximate surface area is 152 Å². The summed E-state index contributed by atoms with van der Waals surface area (Å²) in [6.45, 7) is 0. The SMILES string of the molecule is Nc1nnc(-c2ccccc2O)cc1C#CC1CC2(CCC(=O)CC2)C1. The van der Waals surface area contributed by atoms with E-state index in [2.05, 4.69) is 22.0 Å². The number of hydrogen-bond acceptors (Lipinski definition) is 5. The number of benzene rings is 1. The van der Waals surface area contributed by atoms with Crippen LogP contribution in [0.25, 0.3) is 11.3 Å². The van der Waals surface area contributed by atoms with Crippen LogP contribution in [0.5, 0.6) is 5.75 Å². The number of nitrogens with zero attached hydrogens (tertiary/aromatic N) is 2. The molecule has 26 heavy (non-hydrogen) atoms. The lowest BCUT2D eigenvalue weighted by molar-refractivity contribution is -0.124. The highest BCUT2D eigenvalue weighted by molar-refractivity contribution is 5.79. The number of hydrogen-bond donors (Lipinski definition) is 2. The first-order valence-electron chi connectivity index (χ1n) is 8.99. The van der Waals surface area contributed by atoms with Crippen LogP contribution in [0, 0.1) is 23.2 Å². The monoisotopic (exact) mass is 347 g/mol. The van der Waals surface area contributed by atoms with Gasteiger partial charge in [-0.1, -0.05) is 24.0 Å². The molecule has 0 saturated heterocycles. The first-order valence-corrected chi connectivity index (χ1v) is 8.99. The molecule has 5 heteroatoms. The number of para-hydroxylation sites is 1. The molecule has 1 spiro atoms. The molecule has 0 amide bonds. The van der Waals surface area contributed by atoms with Crippen molar-refractivity contribution in [3.8, 4) is 28.8 Å². The van der Waals surface area contributed by atoms with Crippen molar-refractivity contribution < 1.29 is 9.90 Å². The van der Waals surface area contributed by atoms with Crippen molar-refractivity contribution in [2.75, 3.05) is 5.73 Å². The molecule has 3 N–H and O–H groups in total. The van der Waals surface area contributed by atoms with Crippen LogP contribution in [0.2, 0.25) is 0 Å². The first-order chi connectivity index (χ1) is 12.5. The molecule has 0 bridgehead atoms. The molecule has 0 atom stereocenters. The molecule has 1 aromatic carbocycles. The number of anilines is 1. The summed E-state index contributed by atoms with van der Waals surface area (Å²) in [7, 11) is 0. The van der Waals surface area contributed by atoms with Gasteiger partial charge in [0.25, 0.3) is 0 Å². The summed E-state index contributed by atoms with van der Waals surface area (Å²) in [5.41, 5.74) is 8.07. The lowest BCUT2D eigenvalue weighted by Crippen LogP contribution is -2.39. The summed E-state index contributed by atoms with van der Waals surface area (Å²) in [5.74, 6) is 7.66. The minimum Gasteiger partial charge on any atom is -0.507 e. The molecular formula is C21H21N3O2. The van der Waals surface area contributed by atoms with Crippen molar-refractivity contribution in [3.05, 3.63) is 35.9 Å². The Morgan fingerprint density at radius 2 is 1.88 bits per heavy atom. The molecule has 1 aromatic heterocycles. The summed E-state index contributed by atoms with van der Waals surface area (Å²) < 4.78 is 0. The molecular weight excluding hydrogens is 326 g/mol. The van der Waals surface area contributed by atoms with E-state index >= 15 is 0 Å². The van der Waals surface area contributed by atoms with Gasteiger partial charge in [-0.3, -0.25) is 4.79 Å². The number of aromatic nitrogens is 2. The summed E-state index contributed by atoms with van der Waals surface area (Å²) in [6.07, 6.45) is 5.62. The number of aromatic hydroxyl groups is 1. The van der Waals surface area contributed by atoms with Crippen LogP contribution in [-0.4, -0.2) is 21.1 Å². The van der Waals surface area contributed by atoms with E-state index in [4.69, 9.17) is 5.73 Å². The molecule has 2 saturated carbocycles. The van der Waals surface area contributed by atoms with E-state index in [9.17, 15) is 9.90 Å². The van der Waals surface area contributed by atoms with Crippen molar-refractivity contribution in [1.29, 1.82) is 0 Å². The third-order valence-electron chi connectivity index (χ3n) is 5.64. The molecule has 2 aliphatic carbocycles. The third kappa shape index (κ3) is 3.15. The van der Waals surface area contributed by atoms with E-state index < -0.39 is 0 Å². The van der Waals surface area contributed by atoms with Gasteiger partial charge in [0.2, 0.25) is 0 Å². The van der Waals surface area contributed by atoms with Crippen LogP contribution >= 0.6 is 0 Å². The summed E-state index contributed by atoms with van der Waals surface area (Å²) in [4.78, 5) is 11.4. The average molecular weight is 347 g/mol. The topological polar surface area (TPSA) is 89.1 Å². The zero-order chi connectivity index (χ0) is 18.1. The van der Waals surface area contributed by atoms with Crippen molar-refractivity contribution >= 4 is 11.6 Å². The minimum atomic E-state index is 0.151. The van der Waals surface area contributed by atoms with Crippen molar-refractivity contribution in [2.45, 2.75) is 38.5 Å². The van der Waals surface area contributed by atoms with E-state index in [1.165, 1.54) is 0 Å². The zero-order valence-electron chi connectivity index (χ0n) is 14.5. The zero-order valence-corrected chi connectivity index (χ0v) is 14.5. The molecule has 0 aliphatic heterocycles. The Morgan fingerprint density at radius 1 is 1.15 bits per heavy atom. The minimum absolute atomic E-state index is 0.151. The van der Waals surface area contributed by atoms with Crippen LogP contribution < -0.4 is 5.73 Å². The predicted molar refractivity (Wildman–Crippen MR) is 99.1 cm³/mol. The number of ketones is 1. The number of carbonyl (C=O) groups excluding carboxylic acids is 1. The van der Waals surface area contributed by atoms with Crippen LogP contribution in [-0.2, 0) is 4.79 Å². The van der Waals surface area contributed by atoms with Crippen LogP contribution in [0.3, 0.4) is 0 Å². The Morgan fingerprint density at radius 3 is 2.62 bits per heavy atom. The van der Waals surface area contributed by atoms with Gasteiger partial charge in [0.05, 0.1) is 11.3 Å². The number of rotatable bonds is 1. The van der Waals surface area contributed by atoms with E-state index in [-0.39, 0.29) is 5.75 Å². The third-order valence-corrected chi connectivity index (χ3v) is 5.64. The highest BCUT2D eigenvalue weighted by Gasteiger charge is 2.45. The first kappa shape index (κ1) is 16.6. The van der Waals surface area contributed by atoms with Crippen molar-refractivity contribution in [3.63, 3.8) is 0 Å². The van der Waals surface area contributed by atoms with E-state index in [0.29, 0.717) is 39.8 Å². The van der Waals surface area contributed by atoms with Gasteiger partial charge in [-0.15, -0.1) is 10.2 Å². The largest absolute Gasteiger partial charge is 0.507 e. The van der Waals surface area contributed by atoms with Crippen LogP contribution in [0.15, 0.2) is 30.3 Å². The number of phenols is 1. The number of phenolic OH excluding ortho intramolecular Hbond substituents is 1. The van der Waals surface area contributed by atoms with E-state index in [1.54, 1.807) is 24.3 Å². The molecule has 132 valence electrons. The van der Waals surface area contributed by atoms with Crippen LogP contribution in [0.1, 0.15) is 44.1 Å². The molecule has 4 rings (SSSR count). The standard InChI is InChI=1S/C21H21N3O2/c22-20-15(11-18(23-24-20)17-3-1-2-4-19(17)26)6-5-14-12-21(13-14)9-7-16(25)8-10-21/h1-4,11,14,26H,7-10,12-13H2,(H2,22,24). The van der Waals surface area contributed by atoms with E-state index in [1.807, 2.05) is 6.07 Å². The van der Waals surface area contributed by atoms with Crippen molar-refractivity contribution in [1.82, 2.24) is 10.2 Å². The fourth-order valence-corrected chi connectivity index (χ4v) is 4.06. The summed E-state index contributed by atoms with van der Waals surface area (Å²) >= 11 is 0. The van der Waals surface area contributed by atoms with Crippen LogP contribution in [0.4, 0.5) is 5.82 Å². The maximum absolute atomic E-state index is 11.4. The quantitative estimate of drug-likeness (QED) is 0.773. The molecule has 2 fully saturated rings. The second kappa shape index (κ2) is 6.45. The van der Waals surface area contributed by atoms with E-state index in [0.717, 1.165) is 38.5 Å². The highest BCUT2D eigenvalue weighted by atomic mass is 16.3. The molecule has 5 nitrogen and oxygen atoms in total. The molecule has 2 aromatic rings. The summed E-state index contributed by atoms with van der Waals surface area (Å²) in [5, 5.41) is 18.0. The smallest absolute Gasteiger partial charge is 0.161 e. The second-order valence-electron chi connectivity index (χ2n) is 7.46. The molecule has 0 unspecified atom stereocenters. The number of nitrogens with two attached hydrogens (primary N) is 1. The Balaban J connectivity index is 1.50. The predicted octanol–water partition coefficient (Wildman–Crippen LogP) is 3.32.